The molecule has 1 N–H and O–H groups in total. The van der Waals surface area contributed by atoms with Crippen molar-refractivity contribution in [2.24, 2.45) is 0 Å². The molecule has 0 bridgehead atoms. The topological polar surface area (TPSA) is 60.5 Å². The fourth-order valence-corrected chi connectivity index (χ4v) is 4.85. The number of hydrogen-bond acceptors (Lipinski definition) is 5. The van der Waals surface area contributed by atoms with Gasteiger partial charge in [0.05, 0.1) is 24.4 Å². The number of ether oxygens (including phenoxy) is 2. The van der Waals surface area contributed by atoms with Gasteiger partial charge in [-0.1, -0.05) is 43.3 Å². The van der Waals surface area contributed by atoms with Crippen LogP contribution in [0.1, 0.15) is 70.9 Å². The molecule has 4 aromatic rings. The molecule has 0 radical (unpaired) electrons. The molecule has 39 heavy (non-hydrogen) atoms. The molecule has 3 aromatic carbocycles. The minimum Gasteiger partial charge on any atom is -0.497 e. The highest BCUT2D eigenvalue weighted by molar-refractivity contribution is 5.94. The van der Waals surface area contributed by atoms with Gasteiger partial charge >= 0.3 is 5.97 Å². The molecule has 2 atom stereocenters. The molecule has 4 rings (SSSR count). The Morgan fingerprint density at radius 2 is 1.82 bits per heavy atom. The van der Waals surface area contributed by atoms with E-state index in [1.165, 1.54) is 6.07 Å². The predicted octanol–water partition coefficient (Wildman–Crippen LogP) is 7.98. The van der Waals surface area contributed by atoms with E-state index >= 15 is 0 Å². The molecular weight excluding hydrogens is 491 g/mol. The second-order valence-corrected chi connectivity index (χ2v) is 10.1. The van der Waals surface area contributed by atoms with Gasteiger partial charge in [-0.25, -0.2) is 4.39 Å². The number of nitrogens with one attached hydrogen (secondary N) is 1. The lowest BCUT2D eigenvalue weighted by atomic mass is 9.95. The number of rotatable bonds is 11. The van der Waals surface area contributed by atoms with Gasteiger partial charge in [-0.05, 0) is 92.3 Å². The zero-order chi connectivity index (χ0) is 27.9. The molecule has 0 aliphatic heterocycles. The Bertz CT molecular complexity index is 1440. The van der Waals surface area contributed by atoms with Crippen molar-refractivity contribution < 1.29 is 20.1 Å². The van der Waals surface area contributed by atoms with E-state index in [-0.39, 0.29) is 37.8 Å². The Morgan fingerprint density at radius 1 is 1.03 bits per heavy atom. The predicted molar refractivity (Wildman–Crippen MR) is 156 cm³/mol. The van der Waals surface area contributed by atoms with Crippen LogP contribution in [0.5, 0.6) is 5.75 Å². The van der Waals surface area contributed by atoms with Gasteiger partial charge in [0.1, 0.15) is 11.6 Å². The molecule has 0 spiro atoms. The second kappa shape index (κ2) is 12.9. The standard InChI is InChI=1S/C33H37FN2O3.H2/c1-6-30(35-22(4)24-10-9-11-27(19-24)38-5)32-20-29(28-12-7-8-13-31(28)36-32)25-16-23(17-26(34)18-25)14-15-33(37)39-21(2)3;/h7-13,16-22,30,35H,6,14-15H2,1-5H3;1H/t22-,30?;/m1./s1. The molecule has 0 aliphatic carbocycles. The summed E-state index contributed by atoms with van der Waals surface area (Å²) in [5.74, 6) is 0.202. The highest BCUT2D eigenvalue weighted by Crippen LogP contribution is 2.33. The SMILES string of the molecule is CCC(N[C@H](C)c1cccc(OC)c1)c1cc(-c2cc(F)cc(CCC(=O)OC(C)C)c2)c2ccccc2n1.[HH]. The average Bonchev–Trinajstić information content (AvgIpc) is 2.93. The summed E-state index contributed by atoms with van der Waals surface area (Å²) in [6, 6.07) is 23.1. The lowest BCUT2D eigenvalue weighted by Crippen LogP contribution is -2.25. The molecule has 0 saturated heterocycles. The summed E-state index contributed by atoms with van der Waals surface area (Å²) >= 11 is 0. The van der Waals surface area contributed by atoms with Crippen molar-refractivity contribution in [3.8, 4) is 16.9 Å². The number of halogens is 1. The van der Waals surface area contributed by atoms with E-state index in [2.05, 4.69) is 31.3 Å². The van der Waals surface area contributed by atoms with Crippen LogP contribution in [0.2, 0.25) is 0 Å². The van der Waals surface area contributed by atoms with Crippen LogP contribution in [0.25, 0.3) is 22.0 Å². The van der Waals surface area contributed by atoms with Crippen LogP contribution in [-0.4, -0.2) is 24.2 Å². The van der Waals surface area contributed by atoms with E-state index in [0.717, 1.165) is 51.0 Å². The number of carbonyl (C=O) groups is 1. The highest BCUT2D eigenvalue weighted by atomic mass is 19.1. The number of methoxy groups -OCH3 is 1. The second-order valence-electron chi connectivity index (χ2n) is 10.1. The first-order chi connectivity index (χ1) is 18.8. The molecule has 6 heteroatoms. The van der Waals surface area contributed by atoms with Gasteiger partial charge in [-0.15, -0.1) is 0 Å². The molecule has 1 aromatic heterocycles. The normalized spacial score (nSPS) is 12.9. The first-order valence-corrected chi connectivity index (χ1v) is 13.6. The number of hydrogen-bond donors (Lipinski definition) is 1. The summed E-state index contributed by atoms with van der Waals surface area (Å²) in [4.78, 5) is 17.1. The lowest BCUT2D eigenvalue weighted by Gasteiger charge is -2.24. The van der Waals surface area contributed by atoms with Crippen LogP contribution in [0, 0.1) is 5.82 Å². The summed E-state index contributed by atoms with van der Waals surface area (Å²) in [5, 5.41) is 4.67. The number of carbonyl (C=O) groups excluding carboxylic acids is 1. The van der Waals surface area contributed by atoms with Crippen LogP contribution in [0.3, 0.4) is 0 Å². The molecule has 1 unspecified atom stereocenters. The van der Waals surface area contributed by atoms with E-state index in [9.17, 15) is 9.18 Å². The summed E-state index contributed by atoms with van der Waals surface area (Å²) in [5.41, 5.74) is 5.30. The van der Waals surface area contributed by atoms with Gasteiger partial charge in [0.15, 0.2) is 0 Å². The maximum absolute atomic E-state index is 14.8. The Hall–Kier alpha value is -3.77. The van der Waals surface area contributed by atoms with Crippen LogP contribution in [0.15, 0.2) is 72.8 Å². The van der Waals surface area contributed by atoms with Gasteiger partial charge in [-0.2, -0.15) is 0 Å². The van der Waals surface area contributed by atoms with Gasteiger partial charge < -0.3 is 14.8 Å². The van der Waals surface area contributed by atoms with E-state index in [1.807, 2.05) is 62.4 Å². The number of benzene rings is 3. The fourth-order valence-electron chi connectivity index (χ4n) is 4.85. The maximum atomic E-state index is 14.8. The summed E-state index contributed by atoms with van der Waals surface area (Å²) in [6.07, 6.45) is 1.26. The van der Waals surface area contributed by atoms with Crippen molar-refractivity contribution in [2.75, 3.05) is 7.11 Å². The van der Waals surface area contributed by atoms with Crippen LogP contribution in [0.4, 0.5) is 4.39 Å². The lowest BCUT2D eigenvalue weighted by molar-refractivity contribution is -0.147. The largest absolute Gasteiger partial charge is 0.497 e. The van der Waals surface area contributed by atoms with Crippen LogP contribution >= 0.6 is 0 Å². The van der Waals surface area contributed by atoms with Crippen molar-refractivity contribution >= 4 is 16.9 Å². The molecule has 206 valence electrons. The fraction of sp³-hybridized carbons (Fsp3) is 0.333. The zero-order valence-corrected chi connectivity index (χ0v) is 23.3. The Morgan fingerprint density at radius 3 is 2.56 bits per heavy atom. The summed E-state index contributed by atoms with van der Waals surface area (Å²) < 4.78 is 25.5. The highest BCUT2D eigenvalue weighted by Gasteiger charge is 2.19. The molecular formula is C33H39FN2O3. The number of nitrogens with zero attached hydrogens (tertiary/aromatic N) is 1. The van der Waals surface area contributed by atoms with E-state index in [1.54, 1.807) is 13.2 Å². The third-order valence-corrected chi connectivity index (χ3v) is 6.80. The number of pyridine rings is 1. The third kappa shape index (κ3) is 7.21. The van der Waals surface area contributed by atoms with Crippen LogP contribution < -0.4 is 10.1 Å². The molecule has 0 saturated carbocycles. The number of fused-ring (bicyclic) bond motifs is 1. The van der Waals surface area contributed by atoms with Crippen molar-refractivity contribution in [3.63, 3.8) is 0 Å². The number of aromatic nitrogens is 1. The van der Waals surface area contributed by atoms with E-state index in [4.69, 9.17) is 14.5 Å². The van der Waals surface area contributed by atoms with Crippen molar-refractivity contribution in [1.29, 1.82) is 0 Å². The van der Waals surface area contributed by atoms with Gasteiger partial charge in [0.25, 0.3) is 0 Å². The van der Waals surface area contributed by atoms with Gasteiger partial charge in [0, 0.05) is 25.3 Å². The van der Waals surface area contributed by atoms with Gasteiger partial charge in [0.2, 0.25) is 0 Å². The molecule has 1 heterocycles. The first kappa shape index (κ1) is 28.2. The number of para-hydroxylation sites is 1. The Balaban J connectivity index is 0.00000441. The minimum absolute atomic E-state index is 0. The smallest absolute Gasteiger partial charge is 0.306 e. The average molecular weight is 531 g/mol. The minimum atomic E-state index is -0.334. The monoisotopic (exact) mass is 530 g/mol. The maximum Gasteiger partial charge on any atom is 0.306 e. The Kier molecular flexibility index (Phi) is 9.31. The third-order valence-electron chi connectivity index (χ3n) is 6.80. The van der Waals surface area contributed by atoms with Crippen molar-refractivity contribution in [3.05, 3.63) is 95.4 Å². The molecule has 0 amide bonds. The van der Waals surface area contributed by atoms with Crippen molar-refractivity contribution in [2.45, 2.75) is 65.1 Å². The van der Waals surface area contributed by atoms with Gasteiger partial charge in [-0.3, -0.25) is 9.78 Å². The number of esters is 1. The first-order valence-electron chi connectivity index (χ1n) is 13.6. The summed E-state index contributed by atoms with van der Waals surface area (Å²) in [7, 11) is 1.67. The molecule has 0 fully saturated rings. The summed E-state index contributed by atoms with van der Waals surface area (Å²) in [6.45, 7) is 7.89. The van der Waals surface area contributed by atoms with Crippen molar-refractivity contribution in [1.82, 2.24) is 10.3 Å². The van der Waals surface area contributed by atoms with Crippen LogP contribution in [-0.2, 0) is 16.0 Å². The number of aryl methyl sites for hydroxylation is 1. The van der Waals surface area contributed by atoms with E-state index < -0.39 is 0 Å². The molecule has 0 aliphatic rings. The Labute approximate surface area is 231 Å². The molecule has 5 nitrogen and oxygen atoms in total. The quantitative estimate of drug-likeness (QED) is 0.199. The zero-order valence-electron chi connectivity index (χ0n) is 23.3. The van der Waals surface area contributed by atoms with E-state index in [0.29, 0.717) is 6.42 Å².